The van der Waals surface area contributed by atoms with Crippen LogP contribution in [0.15, 0.2) is 22.7 Å². The highest BCUT2D eigenvalue weighted by Crippen LogP contribution is 2.31. The minimum atomic E-state index is -2.85. The lowest BCUT2D eigenvalue weighted by Gasteiger charge is -2.14. The van der Waals surface area contributed by atoms with Gasteiger partial charge in [-0.1, -0.05) is 17.7 Å². The molecule has 1 aliphatic rings. The minimum Gasteiger partial charge on any atom is -0.380 e. The van der Waals surface area contributed by atoms with Crippen molar-refractivity contribution in [1.29, 1.82) is 0 Å². The highest BCUT2D eigenvalue weighted by molar-refractivity contribution is 9.10. The highest BCUT2D eigenvalue weighted by Gasteiger charge is 2.28. The van der Waals surface area contributed by atoms with E-state index < -0.39 is 9.84 Å². The van der Waals surface area contributed by atoms with Crippen LogP contribution < -0.4 is 5.32 Å². The van der Waals surface area contributed by atoms with Crippen LogP contribution in [0.5, 0.6) is 0 Å². The van der Waals surface area contributed by atoms with Crippen molar-refractivity contribution in [1.82, 2.24) is 0 Å². The number of sulfone groups is 1. The van der Waals surface area contributed by atoms with Crippen molar-refractivity contribution in [3.05, 3.63) is 27.7 Å². The van der Waals surface area contributed by atoms with Crippen molar-refractivity contribution in [2.75, 3.05) is 16.8 Å². The summed E-state index contributed by atoms with van der Waals surface area (Å²) in [5.74, 6) is 0.467. The van der Waals surface area contributed by atoms with Gasteiger partial charge in [-0.25, -0.2) is 8.42 Å². The number of hydrogen-bond acceptors (Lipinski definition) is 3. The maximum absolute atomic E-state index is 11.3. The number of rotatable bonds is 2. The Hall–Kier alpha value is -0.260. The first-order chi connectivity index (χ1) is 7.48. The minimum absolute atomic E-state index is 0.0141. The zero-order valence-corrected chi connectivity index (χ0v) is 11.6. The van der Waals surface area contributed by atoms with Gasteiger partial charge in [-0.05, 0) is 34.5 Å². The van der Waals surface area contributed by atoms with E-state index >= 15 is 0 Å². The molecule has 1 aromatic carbocycles. The van der Waals surface area contributed by atoms with E-state index in [9.17, 15) is 8.42 Å². The van der Waals surface area contributed by atoms with Crippen LogP contribution in [0.3, 0.4) is 0 Å². The van der Waals surface area contributed by atoms with E-state index in [0.29, 0.717) is 11.4 Å². The first-order valence-corrected chi connectivity index (χ1v) is 7.88. The van der Waals surface area contributed by atoms with Crippen LogP contribution in [-0.4, -0.2) is 26.0 Å². The predicted octanol–water partition coefficient (Wildman–Crippen LogP) is 2.70. The molecule has 0 bridgehead atoms. The van der Waals surface area contributed by atoms with Gasteiger partial charge in [-0.3, -0.25) is 0 Å². The molecule has 1 aromatic rings. The number of anilines is 1. The van der Waals surface area contributed by atoms with Crippen LogP contribution in [0, 0.1) is 0 Å². The number of benzene rings is 1. The summed E-state index contributed by atoms with van der Waals surface area (Å²) in [5, 5.41) is 3.81. The largest absolute Gasteiger partial charge is 0.380 e. The molecule has 0 radical (unpaired) electrons. The Kier molecular flexibility index (Phi) is 3.47. The van der Waals surface area contributed by atoms with Crippen molar-refractivity contribution < 1.29 is 8.42 Å². The van der Waals surface area contributed by atoms with Crippen molar-refractivity contribution in [2.24, 2.45) is 0 Å². The lowest BCUT2D eigenvalue weighted by atomic mass is 10.2. The molecule has 1 aliphatic heterocycles. The summed E-state index contributed by atoms with van der Waals surface area (Å²) >= 11 is 9.32. The molecule has 1 heterocycles. The molecule has 88 valence electrons. The molecule has 1 atom stereocenters. The van der Waals surface area contributed by atoms with E-state index in [1.54, 1.807) is 6.07 Å². The summed E-state index contributed by atoms with van der Waals surface area (Å²) in [5.41, 5.74) is 0.842. The summed E-state index contributed by atoms with van der Waals surface area (Å²) in [4.78, 5) is 0. The average Bonchev–Trinajstić information content (AvgIpc) is 2.53. The topological polar surface area (TPSA) is 46.2 Å². The van der Waals surface area contributed by atoms with Crippen LogP contribution >= 0.6 is 27.5 Å². The molecular formula is C10H11BrClNO2S. The fourth-order valence-electron chi connectivity index (χ4n) is 1.74. The van der Waals surface area contributed by atoms with Gasteiger partial charge < -0.3 is 5.32 Å². The molecule has 1 saturated heterocycles. The molecule has 0 saturated carbocycles. The van der Waals surface area contributed by atoms with Gasteiger partial charge in [0.1, 0.15) is 0 Å². The molecule has 6 heteroatoms. The molecule has 1 fully saturated rings. The van der Waals surface area contributed by atoms with Crippen LogP contribution in [0.2, 0.25) is 5.02 Å². The summed E-state index contributed by atoms with van der Waals surface area (Å²) in [6.45, 7) is 0. The summed E-state index contributed by atoms with van der Waals surface area (Å²) in [7, 11) is -2.85. The summed E-state index contributed by atoms with van der Waals surface area (Å²) in [6, 6.07) is 5.47. The lowest BCUT2D eigenvalue weighted by molar-refractivity contribution is 0.602. The molecule has 0 aliphatic carbocycles. The zero-order valence-electron chi connectivity index (χ0n) is 8.41. The predicted molar refractivity (Wildman–Crippen MR) is 69.8 cm³/mol. The second-order valence-electron chi connectivity index (χ2n) is 3.85. The second-order valence-corrected chi connectivity index (χ2v) is 7.27. The van der Waals surface area contributed by atoms with E-state index in [4.69, 9.17) is 11.6 Å². The SMILES string of the molecule is O=S1(=O)CCC(Nc2cccc(Cl)c2Br)C1. The van der Waals surface area contributed by atoms with E-state index in [0.717, 1.165) is 10.2 Å². The molecule has 1 unspecified atom stereocenters. The van der Waals surface area contributed by atoms with Crippen molar-refractivity contribution >= 4 is 43.1 Å². The maximum atomic E-state index is 11.3. The molecule has 0 amide bonds. The van der Waals surface area contributed by atoms with Gasteiger partial charge in [-0.2, -0.15) is 0 Å². The van der Waals surface area contributed by atoms with Gasteiger partial charge in [0.15, 0.2) is 9.84 Å². The normalized spacial score (nSPS) is 23.2. The van der Waals surface area contributed by atoms with Gasteiger partial charge in [-0.15, -0.1) is 0 Å². The molecule has 0 aromatic heterocycles. The monoisotopic (exact) mass is 323 g/mol. The molecule has 2 rings (SSSR count). The molecule has 0 spiro atoms. The van der Waals surface area contributed by atoms with Crippen molar-refractivity contribution in [3.8, 4) is 0 Å². The van der Waals surface area contributed by atoms with Crippen LogP contribution in [0.25, 0.3) is 0 Å². The average molecular weight is 325 g/mol. The fraction of sp³-hybridized carbons (Fsp3) is 0.400. The van der Waals surface area contributed by atoms with E-state index in [1.807, 2.05) is 12.1 Å². The van der Waals surface area contributed by atoms with Gasteiger partial charge in [0.05, 0.1) is 26.7 Å². The quantitative estimate of drug-likeness (QED) is 0.910. The number of hydrogen-bond donors (Lipinski definition) is 1. The number of halogens is 2. The van der Waals surface area contributed by atoms with Crippen LogP contribution in [-0.2, 0) is 9.84 Å². The smallest absolute Gasteiger partial charge is 0.152 e. The molecule has 1 N–H and O–H groups in total. The first kappa shape index (κ1) is 12.2. The third-order valence-corrected chi connectivity index (χ3v) is 5.71. The zero-order chi connectivity index (χ0) is 11.8. The Bertz CT molecular complexity index is 504. The Morgan fingerprint density at radius 1 is 1.44 bits per heavy atom. The van der Waals surface area contributed by atoms with E-state index in [2.05, 4.69) is 21.2 Å². The first-order valence-electron chi connectivity index (χ1n) is 4.89. The molecule has 16 heavy (non-hydrogen) atoms. The Labute approximate surface area is 108 Å². The maximum Gasteiger partial charge on any atom is 0.152 e. The van der Waals surface area contributed by atoms with Crippen LogP contribution in [0.4, 0.5) is 5.69 Å². The fourth-order valence-corrected chi connectivity index (χ4v) is 3.97. The third-order valence-electron chi connectivity index (χ3n) is 2.54. The van der Waals surface area contributed by atoms with Crippen molar-refractivity contribution in [2.45, 2.75) is 12.5 Å². The standard InChI is InChI=1S/C10H11BrClNO2S/c11-10-8(12)2-1-3-9(10)13-7-4-5-16(14,15)6-7/h1-3,7,13H,4-6H2. The van der Waals surface area contributed by atoms with E-state index in [-0.39, 0.29) is 17.5 Å². The van der Waals surface area contributed by atoms with Gasteiger partial charge in [0.25, 0.3) is 0 Å². The summed E-state index contributed by atoms with van der Waals surface area (Å²) < 4.78 is 23.4. The van der Waals surface area contributed by atoms with Gasteiger partial charge >= 0.3 is 0 Å². The highest BCUT2D eigenvalue weighted by atomic mass is 79.9. The lowest BCUT2D eigenvalue weighted by Crippen LogP contribution is -2.20. The van der Waals surface area contributed by atoms with Crippen molar-refractivity contribution in [3.63, 3.8) is 0 Å². The Morgan fingerprint density at radius 2 is 2.19 bits per heavy atom. The second kappa shape index (κ2) is 4.55. The van der Waals surface area contributed by atoms with Crippen LogP contribution in [0.1, 0.15) is 6.42 Å². The Morgan fingerprint density at radius 3 is 2.81 bits per heavy atom. The molecule has 3 nitrogen and oxygen atoms in total. The summed E-state index contributed by atoms with van der Waals surface area (Å²) in [6.07, 6.45) is 0.654. The number of nitrogens with one attached hydrogen (secondary N) is 1. The van der Waals surface area contributed by atoms with E-state index in [1.165, 1.54) is 0 Å². The Balaban J connectivity index is 2.14. The van der Waals surface area contributed by atoms with Gasteiger partial charge in [0.2, 0.25) is 0 Å². The third kappa shape index (κ3) is 2.70. The van der Waals surface area contributed by atoms with Gasteiger partial charge in [0, 0.05) is 6.04 Å². The molecular weight excluding hydrogens is 314 g/mol.